The smallest absolute Gasteiger partial charge is 0.140 e. The molecule has 0 spiro atoms. The Labute approximate surface area is 105 Å². The Morgan fingerprint density at radius 2 is 1.53 bits per heavy atom. The molecule has 0 bridgehead atoms. The van der Waals surface area contributed by atoms with Crippen LogP contribution < -0.4 is 4.74 Å². The summed E-state index contributed by atoms with van der Waals surface area (Å²) in [6.07, 6.45) is 0. The first-order valence-corrected chi connectivity index (χ1v) is 8.94. The monoisotopic (exact) mass is 250 g/mol. The van der Waals surface area contributed by atoms with Crippen molar-refractivity contribution in [2.75, 3.05) is 7.11 Å². The summed E-state index contributed by atoms with van der Waals surface area (Å²) < 4.78 is 5.11. The van der Waals surface area contributed by atoms with E-state index in [-0.39, 0.29) is 0 Å². The quantitative estimate of drug-likeness (QED) is 0.715. The zero-order chi connectivity index (χ0) is 12.9. The van der Waals surface area contributed by atoms with Crippen molar-refractivity contribution in [2.24, 2.45) is 0 Å². The molecule has 0 N–H and O–H groups in total. The van der Waals surface area contributed by atoms with Gasteiger partial charge in [-0.2, -0.15) is 0 Å². The van der Waals surface area contributed by atoms with Crippen molar-refractivity contribution in [2.45, 2.75) is 38.9 Å². The van der Waals surface area contributed by atoms with Crippen LogP contribution in [0.3, 0.4) is 0 Å². The summed E-state index contributed by atoms with van der Waals surface area (Å²) in [7, 11) is -0.130. The van der Waals surface area contributed by atoms with E-state index in [2.05, 4.69) is 20.8 Å². The molecule has 0 aliphatic carbocycles. The van der Waals surface area contributed by atoms with Crippen LogP contribution in [-0.2, 0) is 0 Å². The fourth-order valence-corrected chi connectivity index (χ4v) is 5.52. The molecule has 0 fully saturated rings. The Hall–Kier alpha value is -1.09. The van der Waals surface area contributed by atoms with Crippen molar-refractivity contribution in [1.82, 2.24) is 0 Å². The molecule has 1 aromatic carbocycles. The normalized spacial score (nSPS) is 11.3. The molecular weight excluding hydrogens is 228 g/mol. The number of methoxy groups -OCH3 is 1. The van der Waals surface area contributed by atoms with E-state index in [0.717, 1.165) is 29.4 Å². The Morgan fingerprint density at radius 3 is 1.88 bits per heavy atom. The minimum Gasteiger partial charge on any atom is -0.497 e. The predicted molar refractivity (Wildman–Crippen MR) is 74.5 cm³/mol. The number of carbonyl (C=O) groups is 1. The predicted octanol–water partition coefficient (Wildman–Crippen LogP) is 3.93. The molecule has 1 aromatic rings. The molecule has 0 aliphatic rings. The second-order valence-corrected chi connectivity index (χ2v) is 9.53. The minimum absolute atomic E-state index is 0.396. The second kappa shape index (κ2) is 6.01. The maximum Gasteiger partial charge on any atom is 0.140 e. The highest BCUT2D eigenvalue weighted by atomic mass is 28.3. The number of hydrogen-bond donors (Lipinski definition) is 0. The topological polar surface area (TPSA) is 26.3 Å². The zero-order valence-corrected chi connectivity index (χ0v) is 12.2. The standard InChI is InChI=1S/C14H22O2Si/c1-5-17(6-2,7-3)14(15)12-8-10-13(16-4)11-9-12/h8-11H,5-7H2,1-4H3. The average molecular weight is 250 g/mol. The van der Waals surface area contributed by atoms with E-state index in [1.54, 1.807) is 7.11 Å². The van der Waals surface area contributed by atoms with Crippen molar-refractivity contribution < 1.29 is 9.53 Å². The van der Waals surface area contributed by atoms with Gasteiger partial charge in [0.25, 0.3) is 0 Å². The van der Waals surface area contributed by atoms with Crippen LogP contribution in [0.15, 0.2) is 24.3 Å². The maximum absolute atomic E-state index is 12.6. The highest BCUT2D eigenvalue weighted by molar-refractivity contribution is 7.07. The first-order valence-electron chi connectivity index (χ1n) is 6.32. The fourth-order valence-electron chi connectivity index (χ4n) is 2.28. The lowest BCUT2D eigenvalue weighted by molar-refractivity contribution is 0.106. The first-order chi connectivity index (χ1) is 8.13. The lowest BCUT2D eigenvalue weighted by Crippen LogP contribution is -2.42. The molecule has 0 aromatic heterocycles. The molecule has 94 valence electrons. The van der Waals surface area contributed by atoms with E-state index >= 15 is 0 Å². The first kappa shape index (κ1) is 14.0. The van der Waals surface area contributed by atoms with Crippen LogP contribution in [0, 0.1) is 0 Å². The molecule has 3 heteroatoms. The largest absolute Gasteiger partial charge is 0.497 e. The average Bonchev–Trinajstić information content (AvgIpc) is 2.41. The second-order valence-electron chi connectivity index (χ2n) is 4.40. The van der Waals surface area contributed by atoms with E-state index in [9.17, 15) is 4.79 Å². The van der Waals surface area contributed by atoms with E-state index < -0.39 is 8.07 Å². The number of hydrogen-bond acceptors (Lipinski definition) is 2. The van der Waals surface area contributed by atoms with Gasteiger partial charge in [0, 0.05) is 5.56 Å². The van der Waals surface area contributed by atoms with E-state index in [0.29, 0.717) is 5.41 Å². The van der Waals surface area contributed by atoms with Crippen molar-refractivity contribution in [3.63, 3.8) is 0 Å². The summed E-state index contributed by atoms with van der Waals surface area (Å²) in [5.41, 5.74) is 0.850. The fraction of sp³-hybridized carbons (Fsp3) is 0.500. The van der Waals surface area contributed by atoms with Crippen LogP contribution in [0.25, 0.3) is 0 Å². The Balaban J connectivity index is 3.01. The zero-order valence-electron chi connectivity index (χ0n) is 11.2. The van der Waals surface area contributed by atoms with Gasteiger partial charge in [-0.05, 0) is 24.3 Å². The van der Waals surface area contributed by atoms with Crippen molar-refractivity contribution in [1.29, 1.82) is 0 Å². The molecule has 0 saturated heterocycles. The summed E-state index contributed by atoms with van der Waals surface area (Å²) in [5, 5.41) is 0.396. The van der Waals surface area contributed by atoms with Crippen LogP contribution in [0.1, 0.15) is 31.1 Å². The molecule has 0 unspecified atom stereocenters. The summed E-state index contributed by atoms with van der Waals surface area (Å²) in [6.45, 7) is 6.46. The van der Waals surface area contributed by atoms with Crippen molar-refractivity contribution in [3.8, 4) is 5.75 Å². The van der Waals surface area contributed by atoms with Crippen molar-refractivity contribution >= 4 is 13.5 Å². The molecular formula is C14H22O2Si. The Kier molecular flexibility index (Phi) is 4.94. The number of rotatable bonds is 6. The van der Waals surface area contributed by atoms with E-state index in [1.807, 2.05) is 24.3 Å². The highest BCUT2D eigenvalue weighted by Crippen LogP contribution is 2.25. The van der Waals surface area contributed by atoms with Gasteiger partial charge in [-0.25, -0.2) is 0 Å². The van der Waals surface area contributed by atoms with Gasteiger partial charge in [0.1, 0.15) is 19.2 Å². The molecule has 2 nitrogen and oxygen atoms in total. The van der Waals surface area contributed by atoms with E-state index in [4.69, 9.17) is 4.74 Å². The summed E-state index contributed by atoms with van der Waals surface area (Å²) in [6, 6.07) is 10.6. The number of benzene rings is 1. The molecule has 0 aliphatic heterocycles. The third kappa shape index (κ3) is 2.78. The number of ether oxygens (including phenoxy) is 1. The molecule has 1 rings (SSSR count). The molecule has 0 radical (unpaired) electrons. The minimum atomic E-state index is -1.77. The Bertz CT molecular complexity index is 358. The molecule has 0 amide bonds. The molecule has 0 saturated carbocycles. The van der Waals surface area contributed by atoms with Gasteiger partial charge in [0.2, 0.25) is 0 Å². The van der Waals surface area contributed by atoms with Gasteiger partial charge in [-0.3, -0.25) is 0 Å². The van der Waals surface area contributed by atoms with Crippen LogP contribution >= 0.6 is 0 Å². The SMILES string of the molecule is CC[Si](CC)(CC)C(=O)c1ccc(OC)cc1. The third-order valence-corrected chi connectivity index (χ3v) is 9.18. The molecule has 17 heavy (non-hydrogen) atoms. The van der Waals surface area contributed by atoms with Gasteiger partial charge >= 0.3 is 0 Å². The van der Waals surface area contributed by atoms with Gasteiger partial charge in [0.05, 0.1) is 7.11 Å². The van der Waals surface area contributed by atoms with Gasteiger partial charge < -0.3 is 9.53 Å². The maximum atomic E-state index is 12.6. The van der Waals surface area contributed by atoms with Crippen LogP contribution in [0.2, 0.25) is 18.1 Å². The van der Waals surface area contributed by atoms with Crippen LogP contribution in [0.4, 0.5) is 0 Å². The lowest BCUT2D eigenvalue weighted by atomic mass is 10.2. The molecule has 0 heterocycles. The third-order valence-electron chi connectivity index (χ3n) is 3.86. The summed E-state index contributed by atoms with van der Waals surface area (Å²) in [5.74, 6) is 0.804. The summed E-state index contributed by atoms with van der Waals surface area (Å²) >= 11 is 0. The van der Waals surface area contributed by atoms with Gasteiger partial charge in [-0.1, -0.05) is 38.9 Å². The van der Waals surface area contributed by atoms with E-state index in [1.165, 1.54) is 0 Å². The van der Waals surface area contributed by atoms with Crippen LogP contribution in [0.5, 0.6) is 5.75 Å². The van der Waals surface area contributed by atoms with Gasteiger partial charge in [0.15, 0.2) is 0 Å². The summed E-state index contributed by atoms with van der Waals surface area (Å²) in [4.78, 5) is 12.6. The lowest BCUT2D eigenvalue weighted by Gasteiger charge is -2.26. The Morgan fingerprint density at radius 1 is 1.06 bits per heavy atom. The number of carbonyl (C=O) groups excluding carboxylic acids is 1. The van der Waals surface area contributed by atoms with Gasteiger partial charge in [-0.15, -0.1) is 0 Å². The molecule has 0 atom stereocenters. The highest BCUT2D eigenvalue weighted by Gasteiger charge is 2.36. The van der Waals surface area contributed by atoms with Crippen LogP contribution in [-0.4, -0.2) is 20.6 Å². The van der Waals surface area contributed by atoms with Crippen molar-refractivity contribution in [3.05, 3.63) is 29.8 Å².